The largest absolute Gasteiger partial charge is 0.485 e. The van der Waals surface area contributed by atoms with Crippen LogP contribution in [0.2, 0.25) is 0 Å². The van der Waals surface area contributed by atoms with Crippen molar-refractivity contribution in [1.29, 1.82) is 0 Å². The summed E-state index contributed by atoms with van der Waals surface area (Å²) in [6, 6.07) is 17.6. The summed E-state index contributed by atoms with van der Waals surface area (Å²) in [6.45, 7) is 0. The Labute approximate surface area is 196 Å². The van der Waals surface area contributed by atoms with Crippen LogP contribution in [0.5, 0.6) is 5.75 Å². The molecule has 6 rings (SSSR count). The number of carbonyl (C=O) groups is 1. The number of aromatic carboxylic acids is 1. The highest BCUT2D eigenvalue weighted by atomic mass is 16.5. The number of hydrogen-bond donors (Lipinski definition) is 2. The van der Waals surface area contributed by atoms with E-state index in [1.54, 1.807) is 0 Å². The number of para-hydroxylation sites is 1. The zero-order valence-corrected chi connectivity index (χ0v) is 18.7. The van der Waals surface area contributed by atoms with Crippen LogP contribution in [0.4, 0.5) is 0 Å². The number of aromatic nitrogens is 3. The fourth-order valence-electron chi connectivity index (χ4n) is 5.35. The van der Waals surface area contributed by atoms with E-state index in [2.05, 4.69) is 11.2 Å². The molecule has 1 fully saturated rings. The Morgan fingerprint density at radius 1 is 1.06 bits per heavy atom. The number of rotatable bonds is 4. The summed E-state index contributed by atoms with van der Waals surface area (Å²) >= 11 is 0. The first kappa shape index (κ1) is 20.7. The van der Waals surface area contributed by atoms with Gasteiger partial charge in [0.05, 0.1) is 5.69 Å². The lowest BCUT2D eigenvalue weighted by Crippen LogP contribution is -2.25. The first-order valence-electron chi connectivity index (χ1n) is 11.8. The first-order valence-corrected chi connectivity index (χ1v) is 11.8. The summed E-state index contributed by atoms with van der Waals surface area (Å²) in [5, 5.41) is 12.1. The predicted molar refractivity (Wildman–Crippen MR) is 128 cm³/mol. The molecular weight excluding hydrogens is 430 g/mol. The van der Waals surface area contributed by atoms with Crippen LogP contribution in [0.15, 0.2) is 59.4 Å². The molecule has 0 saturated heterocycles. The van der Waals surface area contributed by atoms with E-state index in [0.717, 1.165) is 49.0 Å². The molecule has 4 aromatic rings. The van der Waals surface area contributed by atoms with Crippen molar-refractivity contribution in [2.75, 3.05) is 0 Å². The van der Waals surface area contributed by atoms with Gasteiger partial charge in [-0.25, -0.2) is 14.3 Å². The van der Waals surface area contributed by atoms with Crippen LogP contribution in [0.1, 0.15) is 71.3 Å². The Morgan fingerprint density at radius 2 is 1.82 bits per heavy atom. The topological polar surface area (TPSA) is 96.7 Å². The molecule has 3 heterocycles. The molecule has 34 heavy (non-hydrogen) atoms. The molecule has 2 aliphatic rings. The van der Waals surface area contributed by atoms with Crippen molar-refractivity contribution in [3.8, 4) is 17.0 Å². The van der Waals surface area contributed by atoms with Gasteiger partial charge in [-0.1, -0.05) is 61.7 Å². The molecule has 0 amide bonds. The van der Waals surface area contributed by atoms with Gasteiger partial charge in [0, 0.05) is 23.6 Å². The Kier molecular flexibility index (Phi) is 4.98. The number of benzene rings is 2. The van der Waals surface area contributed by atoms with E-state index >= 15 is 0 Å². The molecule has 7 heteroatoms. The van der Waals surface area contributed by atoms with Crippen molar-refractivity contribution < 1.29 is 14.6 Å². The van der Waals surface area contributed by atoms with E-state index in [1.807, 2.05) is 42.5 Å². The fourth-order valence-corrected chi connectivity index (χ4v) is 5.35. The van der Waals surface area contributed by atoms with Gasteiger partial charge in [0.15, 0.2) is 5.65 Å². The number of carboxylic acid groups (broad SMARTS) is 1. The highest BCUT2D eigenvalue weighted by molar-refractivity contribution is 5.86. The zero-order chi connectivity index (χ0) is 23.2. The fraction of sp³-hybridized carbons (Fsp3) is 0.296. The van der Waals surface area contributed by atoms with Gasteiger partial charge >= 0.3 is 5.97 Å². The summed E-state index contributed by atoms with van der Waals surface area (Å²) in [6.07, 6.45) is 6.01. The van der Waals surface area contributed by atoms with Crippen molar-refractivity contribution in [3.63, 3.8) is 0 Å². The monoisotopic (exact) mass is 455 g/mol. The SMILES string of the molecule is O=C(O)c1cc2nc(-c3ccc(C4Cc5ccccc5O4)cc3)c(C3CCCCC3)c(=O)n2[nH]1. The third kappa shape index (κ3) is 3.48. The number of aromatic amines is 1. The standard InChI is InChI=1S/C27H25N3O4/c31-26-24(17-6-2-1-3-7-17)25(28-23-15-20(27(32)33)29-30(23)26)18-12-10-16(11-13-18)22-14-19-8-4-5-9-21(19)34-22/h4-5,8-13,15,17,22,29H,1-3,6-7,14H2,(H,32,33). The van der Waals surface area contributed by atoms with Gasteiger partial charge in [-0.3, -0.25) is 9.89 Å². The van der Waals surface area contributed by atoms with Gasteiger partial charge in [-0.2, -0.15) is 0 Å². The maximum Gasteiger partial charge on any atom is 0.353 e. The van der Waals surface area contributed by atoms with Crippen LogP contribution in [0, 0.1) is 0 Å². The van der Waals surface area contributed by atoms with Gasteiger partial charge in [-0.15, -0.1) is 0 Å². The Hall–Kier alpha value is -3.87. The second kappa shape index (κ2) is 8.17. The lowest BCUT2D eigenvalue weighted by molar-refractivity contribution is 0.0690. The highest BCUT2D eigenvalue weighted by Crippen LogP contribution is 2.38. The molecule has 2 aromatic carbocycles. The number of hydrogen-bond acceptors (Lipinski definition) is 4. The maximum absolute atomic E-state index is 13.5. The van der Waals surface area contributed by atoms with E-state index in [0.29, 0.717) is 16.9 Å². The number of nitrogens with zero attached hydrogens (tertiary/aromatic N) is 2. The molecule has 0 bridgehead atoms. The van der Waals surface area contributed by atoms with Crippen LogP contribution in [-0.2, 0) is 6.42 Å². The number of ether oxygens (including phenoxy) is 1. The smallest absolute Gasteiger partial charge is 0.353 e. The Bertz CT molecular complexity index is 1420. The normalized spacial score (nSPS) is 18.1. The minimum Gasteiger partial charge on any atom is -0.485 e. The second-order valence-electron chi connectivity index (χ2n) is 9.22. The maximum atomic E-state index is 13.5. The van der Waals surface area contributed by atoms with Crippen LogP contribution in [0.3, 0.4) is 0 Å². The Balaban J connectivity index is 1.42. The summed E-state index contributed by atoms with van der Waals surface area (Å²) in [5.74, 6) is -0.0739. The molecule has 7 nitrogen and oxygen atoms in total. The summed E-state index contributed by atoms with van der Waals surface area (Å²) in [7, 11) is 0. The van der Waals surface area contributed by atoms with Crippen molar-refractivity contribution in [2.24, 2.45) is 0 Å². The minimum atomic E-state index is -1.12. The van der Waals surface area contributed by atoms with Crippen LogP contribution in [0.25, 0.3) is 16.9 Å². The molecule has 1 atom stereocenters. The van der Waals surface area contributed by atoms with Crippen LogP contribution < -0.4 is 10.3 Å². The number of nitrogens with one attached hydrogen (secondary N) is 1. The van der Waals surface area contributed by atoms with E-state index in [4.69, 9.17) is 9.72 Å². The molecule has 172 valence electrons. The van der Waals surface area contributed by atoms with Crippen LogP contribution in [-0.4, -0.2) is 25.7 Å². The second-order valence-corrected chi connectivity index (χ2v) is 9.22. The van der Waals surface area contributed by atoms with Gasteiger partial charge in [0.1, 0.15) is 17.5 Å². The average molecular weight is 456 g/mol. The van der Waals surface area contributed by atoms with E-state index in [9.17, 15) is 14.7 Å². The van der Waals surface area contributed by atoms with Gasteiger partial charge in [-0.05, 0) is 36.0 Å². The lowest BCUT2D eigenvalue weighted by atomic mass is 9.82. The summed E-state index contributed by atoms with van der Waals surface area (Å²) in [4.78, 5) is 29.8. The molecule has 0 radical (unpaired) electrons. The van der Waals surface area contributed by atoms with E-state index in [-0.39, 0.29) is 23.3 Å². The van der Waals surface area contributed by atoms with Crippen LogP contribution >= 0.6 is 0 Å². The molecule has 1 unspecified atom stereocenters. The quantitative estimate of drug-likeness (QED) is 0.446. The van der Waals surface area contributed by atoms with Crippen molar-refractivity contribution in [3.05, 3.63) is 87.3 Å². The molecular formula is C27H25N3O4. The van der Waals surface area contributed by atoms with Gasteiger partial charge in [0.25, 0.3) is 5.56 Å². The zero-order valence-electron chi connectivity index (χ0n) is 18.7. The Morgan fingerprint density at radius 3 is 2.56 bits per heavy atom. The van der Waals surface area contributed by atoms with E-state index in [1.165, 1.54) is 22.6 Å². The third-order valence-electron chi connectivity index (χ3n) is 7.10. The number of H-pyrrole nitrogens is 1. The first-order chi connectivity index (χ1) is 16.6. The van der Waals surface area contributed by atoms with Gasteiger partial charge in [0.2, 0.25) is 0 Å². The predicted octanol–water partition coefficient (Wildman–Crippen LogP) is 5.11. The van der Waals surface area contributed by atoms with Crippen molar-refractivity contribution >= 4 is 11.6 Å². The third-order valence-corrected chi connectivity index (χ3v) is 7.10. The van der Waals surface area contributed by atoms with Crippen molar-refractivity contribution in [2.45, 2.75) is 50.5 Å². The summed E-state index contributed by atoms with van der Waals surface area (Å²) < 4.78 is 7.40. The van der Waals surface area contributed by atoms with Gasteiger partial charge < -0.3 is 9.84 Å². The molecule has 2 N–H and O–H groups in total. The summed E-state index contributed by atoms with van der Waals surface area (Å²) in [5.41, 5.74) is 4.52. The highest BCUT2D eigenvalue weighted by Gasteiger charge is 2.27. The minimum absolute atomic E-state index is 0.0341. The molecule has 0 spiro atoms. The van der Waals surface area contributed by atoms with E-state index < -0.39 is 5.97 Å². The van der Waals surface area contributed by atoms with Crippen molar-refractivity contribution in [1.82, 2.24) is 14.6 Å². The molecule has 1 aliphatic heterocycles. The number of fused-ring (bicyclic) bond motifs is 2. The lowest BCUT2D eigenvalue weighted by Gasteiger charge is -2.23. The molecule has 2 aromatic heterocycles. The molecule has 1 aliphatic carbocycles. The molecule has 1 saturated carbocycles. The number of carboxylic acids is 1. The average Bonchev–Trinajstić information content (AvgIpc) is 3.49.